The zero-order valence-corrected chi connectivity index (χ0v) is 13.1. The number of rotatable bonds is 5. The molecular formula is C16H24N4O2. The first-order chi connectivity index (χ1) is 10.5. The van der Waals surface area contributed by atoms with Crippen molar-refractivity contribution >= 4 is 17.6 Å². The first-order valence-electron chi connectivity index (χ1n) is 7.62. The lowest BCUT2D eigenvalue weighted by molar-refractivity contribution is -0.124. The van der Waals surface area contributed by atoms with Crippen molar-refractivity contribution < 1.29 is 9.53 Å². The zero-order chi connectivity index (χ0) is 15.9. The third kappa shape index (κ3) is 5.04. The normalized spacial score (nSPS) is 18.5. The van der Waals surface area contributed by atoms with Gasteiger partial charge >= 0.3 is 0 Å². The Morgan fingerprint density at radius 1 is 1.50 bits per heavy atom. The molecule has 0 aromatic heterocycles. The molecule has 6 heteroatoms. The summed E-state index contributed by atoms with van der Waals surface area (Å²) in [6.07, 6.45) is 1.40. The van der Waals surface area contributed by atoms with Crippen LogP contribution in [-0.4, -0.2) is 30.6 Å². The fourth-order valence-electron chi connectivity index (χ4n) is 2.27. The van der Waals surface area contributed by atoms with E-state index in [1.165, 1.54) is 0 Å². The van der Waals surface area contributed by atoms with Gasteiger partial charge in [0.25, 0.3) is 5.91 Å². The lowest BCUT2D eigenvalue weighted by atomic mass is 10.2. The topological polar surface area (TPSA) is 88.7 Å². The van der Waals surface area contributed by atoms with Gasteiger partial charge in [0, 0.05) is 18.3 Å². The molecule has 4 N–H and O–H groups in total. The fraction of sp³-hybridized carbons (Fsp3) is 0.500. The van der Waals surface area contributed by atoms with Crippen LogP contribution in [0.3, 0.4) is 0 Å². The Labute approximate surface area is 131 Å². The minimum atomic E-state index is -0.326. The summed E-state index contributed by atoms with van der Waals surface area (Å²) in [7, 11) is 0. The average molecular weight is 304 g/mol. The number of hydrogen-bond donors (Lipinski definition) is 3. The Kier molecular flexibility index (Phi) is 5.77. The van der Waals surface area contributed by atoms with Crippen molar-refractivity contribution in [1.29, 1.82) is 0 Å². The van der Waals surface area contributed by atoms with Crippen LogP contribution in [0.15, 0.2) is 29.3 Å². The summed E-state index contributed by atoms with van der Waals surface area (Å²) in [5.41, 5.74) is 7.51. The van der Waals surface area contributed by atoms with Crippen LogP contribution in [0.1, 0.15) is 32.3 Å². The van der Waals surface area contributed by atoms with E-state index in [4.69, 9.17) is 10.5 Å². The molecule has 0 bridgehead atoms. The maximum atomic E-state index is 12.0. The molecule has 1 atom stereocenters. The fourth-order valence-corrected chi connectivity index (χ4v) is 2.27. The number of carbonyl (C=O) groups is 1. The first kappa shape index (κ1) is 16.3. The van der Waals surface area contributed by atoms with Crippen molar-refractivity contribution in [3.05, 3.63) is 29.8 Å². The maximum Gasteiger partial charge on any atom is 0.253 e. The van der Waals surface area contributed by atoms with Crippen LogP contribution in [0.5, 0.6) is 0 Å². The number of nitrogens with two attached hydrogens (primary N) is 1. The number of hydrogen-bond acceptors (Lipinski definition) is 3. The largest absolute Gasteiger partial charge is 0.370 e. The summed E-state index contributed by atoms with van der Waals surface area (Å²) < 4.78 is 5.37. The monoisotopic (exact) mass is 304 g/mol. The molecule has 0 saturated carbocycles. The molecule has 1 unspecified atom stereocenters. The summed E-state index contributed by atoms with van der Waals surface area (Å²) in [5.74, 6) is 0.336. The second-order valence-electron chi connectivity index (χ2n) is 5.69. The Morgan fingerprint density at radius 3 is 3.00 bits per heavy atom. The number of guanidine groups is 1. The molecule has 22 heavy (non-hydrogen) atoms. The van der Waals surface area contributed by atoms with Crippen LogP contribution < -0.4 is 16.4 Å². The molecule has 1 aliphatic rings. The number of nitrogens with zero attached hydrogens (tertiary/aromatic N) is 1. The van der Waals surface area contributed by atoms with E-state index in [9.17, 15) is 4.79 Å². The Morgan fingerprint density at radius 2 is 2.32 bits per heavy atom. The van der Waals surface area contributed by atoms with Gasteiger partial charge in [-0.05, 0) is 44.4 Å². The van der Waals surface area contributed by atoms with Gasteiger partial charge < -0.3 is 21.1 Å². The number of benzene rings is 1. The quantitative estimate of drug-likeness (QED) is 0.569. The summed E-state index contributed by atoms with van der Waals surface area (Å²) in [4.78, 5) is 16.3. The van der Waals surface area contributed by atoms with Crippen LogP contribution in [0, 0.1) is 0 Å². The smallest absolute Gasteiger partial charge is 0.253 e. The van der Waals surface area contributed by atoms with E-state index in [1.807, 2.05) is 38.1 Å². The molecule has 1 saturated heterocycles. The molecule has 1 aliphatic heterocycles. The molecule has 6 nitrogen and oxygen atoms in total. The van der Waals surface area contributed by atoms with E-state index in [1.54, 1.807) is 0 Å². The molecule has 1 amide bonds. The summed E-state index contributed by atoms with van der Waals surface area (Å²) >= 11 is 0. The van der Waals surface area contributed by atoms with Gasteiger partial charge in [-0.25, -0.2) is 4.99 Å². The van der Waals surface area contributed by atoms with Crippen LogP contribution >= 0.6 is 0 Å². The first-order valence-corrected chi connectivity index (χ1v) is 7.62. The molecule has 120 valence electrons. The Balaban J connectivity index is 1.93. The number of aliphatic imine (C=N–C) groups is 1. The van der Waals surface area contributed by atoms with Crippen molar-refractivity contribution in [3.8, 4) is 0 Å². The van der Waals surface area contributed by atoms with Crippen molar-refractivity contribution in [2.24, 2.45) is 10.7 Å². The van der Waals surface area contributed by atoms with E-state index >= 15 is 0 Å². The highest BCUT2D eigenvalue weighted by atomic mass is 16.5. The van der Waals surface area contributed by atoms with Crippen molar-refractivity contribution in [2.75, 3.05) is 11.9 Å². The van der Waals surface area contributed by atoms with Gasteiger partial charge in [0.15, 0.2) is 5.96 Å². The van der Waals surface area contributed by atoms with E-state index in [0.717, 1.165) is 24.1 Å². The van der Waals surface area contributed by atoms with E-state index in [0.29, 0.717) is 19.1 Å². The van der Waals surface area contributed by atoms with Gasteiger partial charge in [0.05, 0.1) is 6.54 Å². The third-order valence-corrected chi connectivity index (χ3v) is 3.29. The molecule has 2 rings (SSSR count). The molecule has 1 aromatic rings. The zero-order valence-electron chi connectivity index (χ0n) is 13.1. The highest BCUT2D eigenvalue weighted by Crippen LogP contribution is 2.16. The van der Waals surface area contributed by atoms with Crippen molar-refractivity contribution in [2.45, 2.75) is 45.4 Å². The van der Waals surface area contributed by atoms with Crippen molar-refractivity contribution in [3.63, 3.8) is 0 Å². The molecule has 0 aliphatic carbocycles. The molecule has 1 fully saturated rings. The highest BCUT2D eigenvalue weighted by molar-refractivity contribution is 5.94. The lowest BCUT2D eigenvalue weighted by Gasteiger charge is -2.11. The van der Waals surface area contributed by atoms with Gasteiger partial charge in [-0.3, -0.25) is 4.79 Å². The van der Waals surface area contributed by atoms with Gasteiger partial charge in [0.1, 0.15) is 6.10 Å². The minimum absolute atomic E-state index is 0.0841. The second kappa shape index (κ2) is 7.79. The number of nitrogens with one attached hydrogen (secondary N) is 2. The molecule has 1 aromatic carbocycles. The highest BCUT2D eigenvalue weighted by Gasteiger charge is 2.23. The number of anilines is 1. The third-order valence-electron chi connectivity index (χ3n) is 3.29. The molecule has 1 heterocycles. The predicted molar refractivity (Wildman–Crippen MR) is 87.6 cm³/mol. The number of amides is 1. The Bertz CT molecular complexity index is 537. The summed E-state index contributed by atoms with van der Waals surface area (Å²) in [6.45, 7) is 5.14. The van der Waals surface area contributed by atoms with Crippen LogP contribution in [-0.2, 0) is 16.1 Å². The lowest BCUT2D eigenvalue weighted by Crippen LogP contribution is -2.36. The summed E-state index contributed by atoms with van der Waals surface area (Å²) in [5, 5.41) is 5.92. The molecule has 0 radical (unpaired) electrons. The van der Waals surface area contributed by atoms with Gasteiger partial charge in [-0.1, -0.05) is 12.1 Å². The number of ether oxygens (including phenoxy) is 1. The van der Waals surface area contributed by atoms with Gasteiger partial charge in [-0.15, -0.1) is 0 Å². The van der Waals surface area contributed by atoms with E-state index in [-0.39, 0.29) is 18.1 Å². The molecule has 0 spiro atoms. The van der Waals surface area contributed by atoms with E-state index in [2.05, 4.69) is 15.6 Å². The van der Waals surface area contributed by atoms with Crippen molar-refractivity contribution in [1.82, 2.24) is 5.32 Å². The summed E-state index contributed by atoms with van der Waals surface area (Å²) in [6, 6.07) is 7.85. The second-order valence-corrected chi connectivity index (χ2v) is 5.69. The van der Waals surface area contributed by atoms with Crippen LogP contribution in [0.4, 0.5) is 5.69 Å². The Hall–Kier alpha value is -2.08. The SMILES string of the molecule is CC(C)NC(N)=NCc1cccc(NC(=O)C2CCCO2)c1. The number of carbonyl (C=O) groups excluding carboxylic acids is 1. The van der Waals surface area contributed by atoms with Crippen LogP contribution in [0.25, 0.3) is 0 Å². The van der Waals surface area contributed by atoms with E-state index < -0.39 is 0 Å². The standard InChI is InChI=1S/C16H24N4O2/c1-11(2)19-16(17)18-10-12-5-3-6-13(9-12)20-15(21)14-7-4-8-22-14/h3,5-6,9,11,14H,4,7-8,10H2,1-2H3,(H,20,21)(H3,17,18,19). The van der Waals surface area contributed by atoms with Gasteiger partial charge in [-0.2, -0.15) is 0 Å². The molecular weight excluding hydrogens is 280 g/mol. The van der Waals surface area contributed by atoms with Gasteiger partial charge in [0.2, 0.25) is 0 Å². The minimum Gasteiger partial charge on any atom is -0.370 e. The predicted octanol–water partition coefficient (Wildman–Crippen LogP) is 1.62. The maximum absolute atomic E-state index is 12.0. The average Bonchev–Trinajstić information content (AvgIpc) is 2.99. The van der Waals surface area contributed by atoms with Crippen LogP contribution in [0.2, 0.25) is 0 Å².